The van der Waals surface area contributed by atoms with Crippen molar-refractivity contribution in [1.29, 1.82) is 0 Å². The van der Waals surface area contributed by atoms with Gasteiger partial charge in [0.05, 0.1) is 5.56 Å². The van der Waals surface area contributed by atoms with E-state index in [4.69, 9.17) is 0 Å². The van der Waals surface area contributed by atoms with Crippen LogP contribution in [0.4, 0.5) is 13.2 Å². The number of aromatic hydroxyl groups is 1. The van der Waals surface area contributed by atoms with Crippen molar-refractivity contribution in [3.05, 3.63) is 29.3 Å². The maximum absolute atomic E-state index is 13.0. The van der Waals surface area contributed by atoms with Crippen LogP contribution in [0.1, 0.15) is 29.3 Å². The number of aryl methyl sites for hydroxylation is 1. The third-order valence-electron chi connectivity index (χ3n) is 3.24. The lowest BCUT2D eigenvalue weighted by atomic mass is 10.0. The van der Waals surface area contributed by atoms with Gasteiger partial charge >= 0.3 is 6.18 Å². The lowest BCUT2D eigenvalue weighted by molar-refractivity contribution is -0.297. The van der Waals surface area contributed by atoms with Crippen molar-refractivity contribution in [2.24, 2.45) is 5.10 Å². The fourth-order valence-corrected chi connectivity index (χ4v) is 2.10. The number of hydrazone groups is 1. The minimum atomic E-state index is -5.07. The molecule has 114 valence electrons. The predicted octanol–water partition coefficient (Wildman–Crippen LogP) is 2.17. The molecule has 1 aromatic carbocycles. The van der Waals surface area contributed by atoms with E-state index in [1.165, 1.54) is 32.0 Å². The lowest BCUT2D eigenvalue weighted by Gasteiger charge is -2.32. The summed E-state index contributed by atoms with van der Waals surface area (Å²) in [5, 5.41) is 23.1. The number of amides is 1. The number of nitrogens with zero attached hydrogens (tertiary/aromatic N) is 2. The van der Waals surface area contributed by atoms with Crippen LogP contribution in [0.5, 0.6) is 5.75 Å². The monoisotopic (exact) mass is 302 g/mol. The molecule has 1 aliphatic rings. The van der Waals surface area contributed by atoms with Crippen LogP contribution in [0.15, 0.2) is 23.3 Å². The van der Waals surface area contributed by atoms with E-state index in [0.717, 1.165) is 0 Å². The van der Waals surface area contributed by atoms with Crippen LogP contribution in [0.3, 0.4) is 0 Å². The molecule has 1 aromatic rings. The fourth-order valence-electron chi connectivity index (χ4n) is 2.10. The Labute approximate surface area is 118 Å². The quantitative estimate of drug-likeness (QED) is 0.835. The number of carbonyl (C=O) groups is 1. The summed E-state index contributed by atoms with van der Waals surface area (Å²) < 4.78 is 39.1. The van der Waals surface area contributed by atoms with E-state index in [0.29, 0.717) is 5.56 Å². The van der Waals surface area contributed by atoms with Gasteiger partial charge in [0.1, 0.15) is 5.75 Å². The van der Waals surface area contributed by atoms with Gasteiger partial charge < -0.3 is 10.2 Å². The minimum Gasteiger partial charge on any atom is -0.507 e. The van der Waals surface area contributed by atoms with Crippen LogP contribution in [0.25, 0.3) is 0 Å². The standard InChI is InChI=1S/C13H13F3N2O3/c1-7-4-3-5-9(10(7)19)11(20)18-12(21,13(14,15)16)6-8(2)17-18/h3-5,19,21H,6H2,1-2H3/t12-/m1/s1. The topological polar surface area (TPSA) is 73.1 Å². The number of rotatable bonds is 1. The number of carbonyl (C=O) groups excluding carboxylic acids is 1. The average molecular weight is 302 g/mol. The zero-order chi connectivity index (χ0) is 16.0. The van der Waals surface area contributed by atoms with E-state index < -0.39 is 30.0 Å². The number of halogens is 3. The van der Waals surface area contributed by atoms with Gasteiger partial charge in [-0.3, -0.25) is 4.79 Å². The molecule has 2 rings (SSSR count). The molecule has 21 heavy (non-hydrogen) atoms. The molecule has 1 heterocycles. The van der Waals surface area contributed by atoms with Gasteiger partial charge in [0.15, 0.2) is 0 Å². The normalized spacial score (nSPS) is 22.4. The molecule has 8 heteroatoms. The Balaban J connectivity index is 2.49. The Morgan fingerprint density at radius 1 is 1.38 bits per heavy atom. The first kappa shape index (κ1) is 15.3. The number of hydrogen-bond acceptors (Lipinski definition) is 4. The molecular weight excluding hydrogens is 289 g/mol. The first-order chi connectivity index (χ1) is 9.58. The van der Waals surface area contributed by atoms with E-state index in [1.807, 2.05) is 0 Å². The first-order valence-electron chi connectivity index (χ1n) is 6.04. The summed E-state index contributed by atoms with van der Waals surface area (Å²) in [6.07, 6.45) is -5.89. The lowest BCUT2D eigenvalue weighted by Crippen LogP contribution is -2.56. The summed E-state index contributed by atoms with van der Waals surface area (Å²) >= 11 is 0. The Hall–Kier alpha value is -2.09. The molecule has 1 atom stereocenters. The molecule has 0 bridgehead atoms. The zero-order valence-electron chi connectivity index (χ0n) is 11.3. The summed E-state index contributed by atoms with van der Waals surface area (Å²) in [5.41, 5.74) is -3.45. The molecule has 0 unspecified atom stereocenters. The van der Waals surface area contributed by atoms with Gasteiger partial charge in [-0.1, -0.05) is 12.1 Å². The highest BCUT2D eigenvalue weighted by molar-refractivity contribution is 6.00. The molecule has 0 saturated carbocycles. The molecule has 0 aromatic heterocycles. The van der Waals surface area contributed by atoms with Crippen LogP contribution >= 0.6 is 0 Å². The fraction of sp³-hybridized carbons (Fsp3) is 0.385. The summed E-state index contributed by atoms with van der Waals surface area (Å²) in [5.74, 6) is -1.65. The second-order valence-corrected chi connectivity index (χ2v) is 4.91. The Bertz CT molecular complexity index is 628. The number of alkyl halides is 3. The number of benzene rings is 1. The van der Waals surface area contributed by atoms with E-state index in [9.17, 15) is 28.2 Å². The smallest absolute Gasteiger partial charge is 0.438 e. The molecule has 2 N–H and O–H groups in total. The second kappa shape index (κ2) is 4.73. The molecular formula is C13H13F3N2O3. The summed E-state index contributed by atoms with van der Waals surface area (Å²) in [6, 6.07) is 4.09. The molecule has 0 spiro atoms. The minimum absolute atomic E-state index is 0.0170. The Kier molecular flexibility index (Phi) is 3.45. The maximum Gasteiger partial charge on any atom is 0.438 e. The van der Waals surface area contributed by atoms with Crippen LogP contribution in [0, 0.1) is 6.92 Å². The van der Waals surface area contributed by atoms with Crippen molar-refractivity contribution in [1.82, 2.24) is 5.01 Å². The van der Waals surface area contributed by atoms with Gasteiger partial charge in [-0.25, -0.2) is 0 Å². The van der Waals surface area contributed by atoms with Crippen molar-refractivity contribution < 1.29 is 28.2 Å². The van der Waals surface area contributed by atoms with Crippen LogP contribution in [-0.4, -0.2) is 38.7 Å². The number of hydrogen-bond donors (Lipinski definition) is 2. The third kappa shape index (κ3) is 2.35. The molecule has 1 aliphatic heterocycles. The van der Waals surface area contributed by atoms with E-state index in [2.05, 4.69) is 5.10 Å². The van der Waals surface area contributed by atoms with Crippen LogP contribution in [-0.2, 0) is 0 Å². The van der Waals surface area contributed by atoms with E-state index in [1.54, 1.807) is 0 Å². The summed E-state index contributed by atoms with van der Waals surface area (Å²) in [7, 11) is 0. The van der Waals surface area contributed by atoms with Crippen LogP contribution < -0.4 is 0 Å². The highest BCUT2D eigenvalue weighted by Crippen LogP contribution is 2.41. The second-order valence-electron chi connectivity index (χ2n) is 4.91. The molecule has 1 amide bonds. The molecule has 5 nitrogen and oxygen atoms in total. The number of para-hydroxylation sites is 1. The van der Waals surface area contributed by atoms with E-state index in [-0.39, 0.29) is 16.3 Å². The van der Waals surface area contributed by atoms with E-state index >= 15 is 0 Å². The summed E-state index contributed by atoms with van der Waals surface area (Å²) in [4.78, 5) is 12.2. The van der Waals surface area contributed by atoms with Crippen molar-refractivity contribution in [2.75, 3.05) is 0 Å². The molecule has 0 saturated heterocycles. The van der Waals surface area contributed by atoms with Gasteiger partial charge in [0.25, 0.3) is 11.6 Å². The Morgan fingerprint density at radius 3 is 2.57 bits per heavy atom. The first-order valence-corrected chi connectivity index (χ1v) is 6.04. The molecule has 0 aliphatic carbocycles. The highest BCUT2D eigenvalue weighted by atomic mass is 19.4. The van der Waals surface area contributed by atoms with Crippen molar-refractivity contribution >= 4 is 11.6 Å². The predicted molar refractivity (Wildman–Crippen MR) is 67.7 cm³/mol. The maximum atomic E-state index is 13.0. The number of aliphatic hydroxyl groups is 1. The van der Waals surface area contributed by atoms with Gasteiger partial charge in [-0.05, 0) is 25.5 Å². The Morgan fingerprint density at radius 2 is 2.00 bits per heavy atom. The van der Waals surface area contributed by atoms with Crippen molar-refractivity contribution in [3.8, 4) is 5.75 Å². The van der Waals surface area contributed by atoms with Crippen LogP contribution in [0.2, 0.25) is 0 Å². The largest absolute Gasteiger partial charge is 0.507 e. The summed E-state index contributed by atoms with van der Waals surface area (Å²) in [6.45, 7) is 2.78. The van der Waals surface area contributed by atoms with Crippen molar-refractivity contribution in [2.45, 2.75) is 32.2 Å². The molecule has 0 radical (unpaired) electrons. The highest BCUT2D eigenvalue weighted by Gasteiger charge is 2.62. The van der Waals surface area contributed by atoms with Gasteiger partial charge in [-0.2, -0.15) is 23.3 Å². The number of phenols is 1. The van der Waals surface area contributed by atoms with Gasteiger partial charge in [0.2, 0.25) is 0 Å². The molecule has 0 fully saturated rings. The average Bonchev–Trinajstić information content (AvgIpc) is 2.68. The number of phenolic OH excluding ortho intramolecular Hbond substituents is 1. The van der Waals surface area contributed by atoms with Gasteiger partial charge in [0, 0.05) is 12.1 Å². The zero-order valence-corrected chi connectivity index (χ0v) is 11.3. The van der Waals surface area contributed by atoms with Crippen molar-refractivity contribution in [3.63, 3.8) is 0 Å². The SMILES string of the molecule is CC1=NN(C(=O)c2cccc(C)c2O)[C@](O)(C(F)(F)F)C1. The van der Waals surface area contributed by atoms with Gasteiger partial charge in [-0.15, -0.1) is 0 Å². The third-order valence-corrected chi connectivity index (χ3v) is 3.24.